The number of halogens is 2. The molecule has 1 fully saturated rings. The van der Waals surface area contributed by atoms with Gasteiger partial charge in [0.1, 0.15) is 11.8 Å². The van der Waals surface area contributed by atoms with E-state index >= 15 is 0 Å². The fourth-order valence-corrected chi connectivity index (χ4v) is 5.16. The molecule has 0 aromatic heterocycles. The minimum absolute atomic E-state index is 0.138. The predicted molar refractivity (Wildman–Crippen MR) is 153 cm³/mol. The second kappa shape index (κ2) is 13.2. The highest BCUT2D eigenvalue weighted by Gasteiger charge is 2.32. The van der Waals surface area contributed by atoms with E-state index in [0.717, 1.165) is 47.9 Å². The van der Waals surface area contributed by atoms with Crippen molar-refractivity contribution in [2.24, 2.45) is 0 Å². The first-order valence-corrected chi connectivity index (χ1v) is 13.8. The van der Waals surface area contributed by atoms with Gasteiger partial charge in [-0.1, -0.05) is 78.5 Å². The van der Waals surface area contributed by atoms with Crippen molar-refractivity contribution in [1.82, 2.24) is 10.2 Å². The lowest BCUT2D eigenvalue weighted by atomic mass is 10.0. The third-order valence-corrected chi connectivity index (χ3v) is 7.86. The monoisotopic (exact) mass is 552 g/mol. The van der Waals surface area contributed by atoms with Crippen LogP contribution in [0.2, 0.25) is 10.0 Å². The maximum absolute atomic E-state index is 13.8. The molecule has 1 N–H and O–H groups in total. The molecule has 0 aliphatic heterocycles. The number of benzene rings is 3. The van der Waals surface area contributed by atoms with Crippen molar-refractivity contribution in [2.45, 2.75) is 64.6 Å². The average molecular weight is 554 g/mol. The molecule has 5 nitrogen and oxygen atoms in total. The van der Waals surface area contributed by atoms with Gasteiger partial charge in [0.25, 0.3) is 5.91 Å². The summed E-state index contributed by atoms with van der Waals surface area (Å²) >= 11 is 12.4. The van der Waals surface area contributed by atoms with Crippen LogP contribution in [0.1, 0.15) is 47.9 Å². The number of nitrogens with one attached hydrogen (secondary N) is 1. The summed E-state index contributed by atoms with van der Waals surface area (Å²) in [5, 5.41) is 4.51. The van der Waals surface area contributed by atoms with Crippen molar-refractivity contribution in [3.05, 3.63) is 99.0 Å². The molecule has 200 valence electrons. The molecular formula is C31H34Cl2N2O3. The van der Waals surface area contributed by atoms with Crippen molar-refractivity contribution >= 4 is 35.0 Å². The number of aryl methyl sites for hydroxylation is 2. The Balaban J connectivity index is 1.61. The first-order valence-electron chi connectivity index (χ1n) is 13.1. The van der Waals surface area contributed by atoms with E-state index in [1.165, 1.54) is 0 Å². The number of carbonyl (C=O) groups excluding carboxylic acids is 2. The number of amides is 2. The maximum Gasteiger partial charge on any atom is 0.261 e. The molecule has 0 saturated heterocycles. The highest BCUT2D eigenvalue weighted by atomic mass is 35.5. The molecule has 0 heterocycles. The summed E-state index contributed by atoms with van der Waals surface area (Å²) < 4.78 is 5.93. The van der Waals surface area contributed by atoms with Crippen LogP contribution in [0.25, 0.3) is 0 Å². The summed E-state index contributed by atoms with van der Waals surface area (Å²) in [4.78, 5) is 29.1. The molecule has 3 aromatic rings. The number of hydrogen-bond donors (Lipinski definition) is 1. The minimum atomic E-state index is -0.696. The summed E-state index contributed by atoms with van der Waals surface area (Å²) in [6.45, 7) is 3.87. The molecule has 1 aliphatic carbocycles. The molecular weight excluding hydrogens is 519 g/mol. The SMILES string of the molecule is Cc1cc(OCC(=O)N(Cc2ccc(Cl)cc2)[C@@H](Cc2ccccc2)C(=O)NC2CCCC2)cc(C)c1Cl. The Bertz CT molecular complexity index is 1220. The maximum atomic E-state index is 13.8. The largest absolute Gasteiger partial charge is 0.484 e. The van der Waals surface area contributed by atoms with Crippen molar-refractivity contribution in [3.63, 3.8) is 0 Å². The van der Waals surface area contributed by atoms with E-state index in [1.54, 1.807) is 17.0 Å². The Morgan fingerprint density at radius 2 is 1.58 bits per heavy atom. The first kappa shape index (κ1) is 28.0. The summed E-state index contributed by atoms with van der Waals surface area (Å²) in [6.07, 6.45) is 4.55. The van der Waals surface area contributed by atoms with E-state index in [-0.39, 0.29) is 31.0 Å². The van der Waals surface area contributed by atoms with Crippen LogP contribution in [-0.2, 0) is 22.6 Å². The molecule has 38 heavy (non-hydrogen) atoms. The highest BCUT2D eigenvalue weighted by molar-refractivity contribution is 6.32. The Hall–Kier alpha value is -3.02. The van der Waals surface area contributed by atoms with Gasteiger partial charge in [0.15, 0.2) is 6.61 Å². The number of carbonyl (C=O) groups is 2. The van der Waals surface area contributed by atoms with Gasteiger partial charge in [-0.05, 0) is 73.2 Å². The molecule has 1 saturated carbocycles. The minimum Gasteiger partial charge on any atom is -0.484 e. The summed E-state index contributed by atoms with van der Waals surface area (Å²) in [5.41, 5.74) is 3.63. The van der Waals surface area contributed by atoms with Crippen LogP contribution >= 0.6 is 23.2 Å². The van der Waals surface area contributed by atoms with Gasteiger partial charge in [-0.25, -0.2) is 0 Å². The second-order valence-electron chi connectivity index (χ2n) is 10.0. The molecule has 7 heteroatoms. The lowest BCUT2D eigenvalue weighted by Gasteiger charge is -2.32. The van der Waals surface area contributed by atoms with E-state index in [1.807, 2.05) is 68.4 Å². The third kappa shape index (κ3) is 7.52. The quantitative estimate of drug-likeness (QED) is 0.305. The van der Waals surface area contributed by atoms with Crippen molar-refractivity contribution in [3.8, 4) is 5.75 Å². The lowest BCUT2D eigenvalue weighted by Crippen LogP contribution is -2.53. The molecule has 4 rings (SSSR count). The zero-order valence-corrected chi connectivity index (χ0v) is 23.4. The van der Waals surface area contributed by atoms with Crippen molar-refractivity contribution in [2.75, 3.05) is 6.61 Å². The topological polar surface area (TPSA) is 58.6 Å². The van der Waals surface area contributed by atoms with Gasteiger partial charge in [-0.3, -0.25) is 9.59 Å². The van der Waals surface area contributed by atoms with Crippen LogP contribution in [0.15, 0.2) is 66.7 Å². The van der Waals surface area contributed by atoms with Gasteiger partial charge >= 0.3 is 0 Å². The van der Waals surface area contributed by atoms with Gasteiger partial charge in [-0.15, -0.1) is 0 Å². The Morgan fingerprint density at radius 1 is 0.947 bits per heavy atom. The molecule has 1 atom stereocenters. The molecule has 1 aliphatic rings. The summed E-state index contributed by atoms with van der Waals surface area (Å²) in [5.74, 6) is 0.160. The van der Waals surface area contributed by atoms with Crippen LogP contribution in [0.3, 0.4) is 0 Å². The van der Waals surface area contributed by atoms with Gasteiger partial charge in [0.05, 0.1) is 0 Å². The Kier molecular flexibility index (Phi) is 9.70. The standard InChI is InChI=1S/C31H34Cl2N2O3/c1-21-16-27(17-22(2)30(21)33)38-20-29(36)35(19-24-12-14-25(32)15-13-24)28(18-23-8-4-3-5-9-23)31(37)34-26-10-6-7-11-26/h3-5,8-9,12-17,26,28H,6-7,10-11,18-20H2,1-2H3,(H,34,37)/t28-/m0/s1. The third-order valence-electron chi connectivity index (χ3n) is 7.01. The van der Waals surface area contributed by atoms with Gasteiger partial charge < -0.3 is 15.0 Å². The second-order valence-corrected chi connectivity index (χ2v) is 10.8. The molecule has 3 aromatic carbocycles. The zero-order chi connectivity index (χ0) is 27.1. The van der Waals surface area contributed by atoms with E-state index in [0.29, 0.717) is 22.2 Å². The smallest absolute Gasteiger partial charge is 0.261 e. The van der Waals surface area contributed by atoms with Gasteiger partial charge in [0, 0.05) is 29.1 Å². The van der Waals surface area contributed by atoms with E-state index in [2.05, 4.69) is 5.32 Å². The molecule has 2 amide bonds. The Morgan fingerprint density at radius 3 is 2.21 bits per heavy atom. The Labute approximate surface area is 235 Å². The number of hydrogen-bond acceptors (Lipinski definition) is 3. The van der Waals surface area contributed by atoms with Crippen LogP contribution in [0.4, 0.5) is 0 Å². The van der Waals surface area contributed by atoms with Gasteiger partial charge in [-0.2, -0.15) is 0 Å². The van der Waals surface area contributed by atoms with Crippen LogP contribution in [0.5, 0.6) is 5.75 Å². The van der Waals surface area contributed by atoms with E-state index < -0.39 is 6.04 Å². The predicted octanol–water partition coefficient (Wildman–Crippen LogP) is 6.69. The molecule has 0 unspecified atom stereocenters. The number of rotatable bonds is 10. The van der Waals surface area contributed by atoms with Crippen LogP contribution in [-0.4, -0.2) is 35.4 Å². The van der Waals surface area contributed by atoms with Crippen LogP contribution < -0.4 is 10.1 Å². The van der Waals surface area contributed by atoms with Crippen LogP contribution in [0, 0.1) is 13.8 Å². The fourth-order valence-electron chi connectivity index (χ4n) is 4.93. The molecule has 0 radical (unpaired) electrons. The highest BCUT2D eigenvalue weighted by Crippen LogP contribution is 2.26. The van der Waals surface area contributed by atoms with Crippen molar-refractivity contribution < 1.29 is 14.3 Å². The number of ether oxygens (including phenoxy) is 1. The zero-order valence-electron chi connectivity index (χ0n) is 21.9. The average Bonchev–Trinajstić information content (AvgIpc) is 3.42. The molecule has 0 spiro atoms. The normalized spacial score (nSPS) is 14.2. The van der Waals surface area contributed by atoms with Crippen molar-refractivity contribution in [1.29, 1.82) is 0 Å². The van der Waals surface area contributed by atoms with E-state index in [9.17, 15) is 9.59 Å². The first-order chi connectivity index (χ1) is 18.3. The van der Waals surface area contributed by atoms with E-state index in [4.69, 9.17) is 27.9 Å². The summed E-state index contributed by atoms with van der Waals surface area (Å²) in [6, 6.07) is 20.2. The number of nitrogens with zero attached hydrogens (tertiary/aromatic N) is 1. The molecule has 0 bridgehead atoms. The van der Waals surface area contributed by atoms with Gasteiger partial charge in [0.2, 0.25) is 5.91 Å². The lowest BCUT2D eigenvalue weighted by molar-refractivity contribution is -0.143. The fraction of sp³-hybridized carbons (Fsp3) is 0.355. The summed E-state index contributed by atoms with van der Waals surface area (Å²) in [7, 11) is 0.